The molecule has 0 bridgehead atoms. The van der Waals surface area contributed by atoms with Crippen molar-refractivity contribution in [3.63, 3.8) is 0 Å². The number of phenolic OH excluding ortho intramolecular Hbond substituents is 1. The molecule has 1 rings (SSSR count). The number of aliphatic hydroxyl groups excluding tert-OH is 2. The SMILES string of the molecule is C=C(/C(=C/CO)C(O)CC/C(=C/c1cccc(O)c1)CCC)C(C)C. The molecule has 1 atom stereocenters. The molecule has 3 nitrogen and oxygen atoms in total. The van der Waals surface area contributed by atoms with Gasteiger partial charge in [-0.2, -0.15) is 0 Å². The van der Waals surface area contributed by atoms with Gasteiger partial charge in [-0.1, -0.05) is 63.6 Å². The largest absolute Gasteiger partial charge is 0.508 e. The highest BCUT2D eigenvalue weighted by atomic mass is 16.3. The van der Waals surface area contributed by atoms with E-state index in [2.05, 4.69) is 19.6 Å². The lowest BCUT2D eigenvalue weighted by Crippen LogP contribution is -2.15. The zero-order valence-electron chi connectivity index (χ0n) is 15.7. The number of benzene rings is 1. The Morgan fingerprint density at radius 3 is 2.52 bits per heavy atom. The lowest BCUT2D eigenvalue weighted by molar-refractivity contribution is 0.199. The van der Waals surface area contributed by atoms with E-state index in [1.165, 1.54) is 5.57 Å². The van der Waals surface area contributed by atoms with E-state index in [1.807, 2.05) is 26.0 Å². The van der Waals surface area contributed by atoms with Crippen molar-refractivity contribution in [2.45, 2.75) is 52.6 Å². The van der Waals surface area contributed by atoms with Crippen LogP contribution in [0.5, 0.6) is 5.75 Å². The number of allylic oxidation sites excluding steroid dienone is 1. The Labute approximate surface area is 152 Å². The van der Waals surface area contributed by atoms with Gasteiger partial charge in [0.25, 0.3) is 0 Å². The highest BCUT2D eigenvalue weighted by molar-refractivity contribution is 5.54. The molecule has 0 aliphatic rings. The molecule has 0 radical (unpaired) electrons. The van der Waals surface area contributed by atoms with Gasteiger partial charge in [0.1, 0.15) is 5.75 Å². The lowest BCUT2D eigenvalue weighted by atomic mass is 9.89. The van der Waals surface area contributed by atoms with Gasteiger partial charge >= 0.3 is 0 Å². The fourth-order valence-corrected chi connectivity index (χ4v) is 2.83. The maximum Gasteiger partial charge on any atom is 0.116 e. The van der Waals surface area contributed by atoms with Crippen molar-refractivity contribution in [2.24, 2.45) is 5.92 Å². The van der Waals surface area contributed by atoms with Crippen LogP contribution in [0.2, 0.25) is 0 Å². The first-order valence-corrected chi connectivity index (χ1v) is 9.05. The molecule has 1 aromatic carbocycles. The minimum Gasteiger partial charge on any atom is -0.508 e. The molecular formula is C22H32O3. The average molecular weight is 344 g/mol. The number of hydrogen-bond acceptors (Lipinski definition) is 3. The van der Waals surface area contributed by atoms with Gasteiger partial charge in [-0.05, 0) is 54.0 Å². The second-order valence-electron chi connectivity index (χ2n) is 6.72. The molecule has 0 saturated heterocycles. The van der Waals surface area contributed by atoms with Gasteiger partial charge in [-0.3, -0.25) is 0 Å². The number of rotatable bonds is 10. The van der Waals surface area contributed by atoms with Crippen LogP contribution in [0.3, 0.4) is 0 Å². The number of phenols is 1. The first kappa shape index (κ1) is 21.2. The Balaban J connectivity index is 2.85. The zero-order chi connectivity index (χ0) is 18.8. The van der Waals surface area contributed by atoms with E-state index in [0.717, 1.165) is 36.0 Å². The van der Waals surface area contributed by atoms with E-state index in [0.29, 0.717) is 6.42 Å². The summed E-state index contributed by atoms with van der Waals surface area (Å²) in [6.45, 7) is 10.1. The quantitative estimate of drug-likeness (QED) is 0.532. The van der Waals surface area contributed by atoms with Gasteiger partial charge in [0.15, 0.2) is 0 Å². The summed E-state index contributed by atoms with van der Waals surface area (Å²) in [7, 11) is 0. The molecule has 0 aliphatic carbocycles. The Hall–Kier alpha value is -1.84. The van der Waals surface area contributed by atoms with Gasteiger partial charge < -0.3 is 15.3 Å². The Morgan fingerprint density at radius 1 is 1.24 bits per heavy atom. The molecule has 0 fully saturated rings. The fraction of sp³-hybridized carbons (Fsp3) is 0.455. The van der Waals surface area contributed by atoms with Crippen LogP contribution in [0.15, 0.2) is 53.6 Å². The van der Waals surface area contributed by atoms with Crippen LogP contribution in [0, 0.1) is 5.92 Å². The number of aliphatic hydroxyl groups is 2. The van der Waals surface area contributed by atoms with Crippen molar-refractivity contribution in [3.05, 3.63) is 59.2 Å². The smallest absolute Gasteiger partial charge is 0.116 e. The second kappa shape index (κ2) is 10.9. The molecule has 0 amide bonds. The van der Waals surface area contributed by atoms with Crippen molar-refractivity contribution in [3.8, 4) is 5.75 Å². The molecule has 25 heavy (non-hydrogen) atoms. The van der Waals surface area contributed by atoms with Crippen LogP contribution in [0.1, 0.15) is 52.0 Å². The van der Waals surface area contributed by atoms with E-state index in [-0.39, 0.29) is 18.3 Å². The first-order chi connectivity index (χ1) is 11.9. The monoisotopic (exact) mass is 344 g/mol. The molecular weight excluding hydrogens is 312 g/mol. The molecule has 0 aliphatic heterocycles. The summed E-state index contributed by atoms with van der Waals surface area (Å²) in [5.74, 6) is 0.483. The van der Waals surface area contributed by atoms with Gasteiger partial charge in [0, 0.05) is 0 Å². The van der Waals surface area contributed by atoms with E-state index in [9.17, 15) is 15.3 Å². The van der Waals surface area contributed by atoms with Crippen LogP contribution in [0.25, 0.3) is 6.08 Å². The topological polar surface area (TPSA) is 60.7 Å². The predicted octanol–water partition coefficient (Wildman–Crippen LogP) is 4.85. The van der Waals surface area contributed by atoms with Crippen LogP contribution in [0.4, 0.5) is 0 Å². The van der Waals surface area contributed by atoms with Crippen LogP contribution in [-0.2, 0) is 0 Å². The molecule has 3 N–H and O–H groups in total. The predicted molar refractivity (Wildman–Crippen MR) is 105 cm³/mol. The minimum atomic E-state index is -0.633. The third kappa shape index (κ3) is 7.29. The van der Waals surface area contributed by atoms with Gasteiger partial charge in [0.05, 0.1) is 12.7 Å². The van der Waals surface area contributed by atoms with Crippen LogP contribution >= 0.6 is 0 Å². The highest BCUT2D eigenvalue weighted by Crippen LogP contribution is 2.26. The molecule has 3 heteroatoms. The first-order valence-electron chi connectivity index (χ1n) is 9.05. The second-order valence-corrected chi connectivity index (χ2v) is 6.72. The normalized spacial score (nSPS) is 14.0. The van der Waals surface area contributed by atoms with Crippen molar-refractivity contribution in [2.75, 3.05) is 6.61 Å². The molecule has 0 aromatic heterocycles. The lowest BCUT2D eigenvalue weighted by Gasteiger charge is -2.20. The van der Waals surface area contributed by atoms with Crippen molar-refractivity contribution >= 4 is 6.08 Å². The summed E-state index contributed by atoms with van der Waals surface area (Å²) in [4.78, 5) is 0. The third-order valence-electron chi connectivity index (χ3n) is 4.29. The van der Waals surface area contributed by atoms with E-state index in [4.69, 9.17) is 0 Å². The third-order valence-corrected chi connectivity index (χ3v) is 4.29. The summed E-state index contributed by atoms with van der Waals surface area (Å²) in [5, 5.41) is 29.4. The van der Waals surface area contributed by atoms with Crippen LogP contribution < -0.4 is 0 Å². The van der Waals surface area contributed by atoms with Crippen LogP contribution in [-0.4, -0.2) is 28.0 Å². The van der Waals surface area contributed by atoms with E-state index < -0.39 is 6.10 Å². The molecule has 0 heterocycles. The summed E-state index contributed by atoms with van der Waals surface area (Å²) < 4.78 is 0. The maximum atomic E-state index is 10.6. The number of aromatic hydroxyl groups is 1. The van der Waals surface area contributed by atoms with Gasteiger partial charge in [-0.15, -0.1) is 0 Å². The zero-order valence-corrected chi connectivity index (χ0v) is 15.7. The molecule has 0 saturated carbocycles. The molecule has 138 valence electrons. The summed E-state index contributed by atoms with van der Waals surface area (Å²) in [6, 6.07) is 7.19. The van der Waals surface area contributed by atoms with E-state index in [1.54, 1.807) is 18.2 Å². The van der Waals surface area contributed by atoms with Gasteiger partial charge in [-0.25, -0.2) is 0 Å². The summed E-state index contributed by atoms with van der Waals surface area (Å²) in [5.41, 5.74) is 3.82. The van der Waals surface area contributed by atoms with Crippen molar-refractivity contribution in [1.29, 1.82) is 0 Å². The summed E-state index contributed by atoms with van der Waals surface area (Å²) in [6.07, 6.45) is 6.44. The van der Waals surface area contributed by atoms with Crippen molar-refractivity contribution < 1.29 is 15.3 Å². The average Bonchev–Trinajstić information content (AvgIpc) is 2.56. The Bertz CT molecular complexity index is 611. The Kier molecular flexibility index (Phi) is 9.25. The highest BCUT2D eigenvalue weighted by Gasteiger charge is 2.16. The molecule has 1 unspecified atom stereocenters. The minimum absolute atomic E-state index is 0.0981. The molecule has 1 aromatic rings. The van der Waals surface area contributed by atoms with Gasteiger partial charge in [0.2, 0.25) is 0 Å². The van der Waals surface area contributed by atoms with E-state index >= 15 is 0 Å². The fourth-order valence-electron chi connectivity index (χ4n) is 2.83. The molecule has 0 spiro atoms. The van der Waals surface area contributed by atoms with Crippen molar-refractivity contribution in [1.82, 2.24) is 0 Å². The maximum absolute atomic E-state index is 10.6. The summed E-state index contributed by atoms with van der Waals surface area (Å²) >= 11 is 0. The standard InChI is InChI=1S/C22H32O3/c1-5-7-18(14-19-8-6-9-20(24)15-19)10-11-22(25)21(12-13-23)17(4)16(2)3/h6,8-9,12,14-16,22-25H,4-5,7,10-11,13H2,1-3H3/b18-14+,21-12-. The number of hydrogen-bond donors (Lipinski definition) is 3. The Morgan fingerprint density at radius 2 is 1.96 bits per heavy atom.